The number of amides is 2. The molecule has 7 nitrogen and oxygen atoms in total. The number of carbonyl (C=O) groups is 2. The van der Waals surface area contributed by atoms with Crippen molar-refractivity contribution < 1.29 is 14.3 Å². The van der Waals surface area contributed by atoms with Crippen LogP contribution in [0, 0.1) is 0 Å². The first-order valence-corrected chi connectivity index (χ1v) is 13.3. The third kappa shape index (κ3) is 5.40. The second-order valence-electron chi connectivity index (χ2n) is 8.56. The van der Waals surface area contributed by atoms with Gasteiger partial charge in [0.05, 0.1) is 12.8 Å². The fraction of sp³-hybridized carbons (Fsp3) is 0.214. The Morgan fingerprint density at radius 3 is 2.59 bits per heavy atom. The molecule has 0 radical (unpaired) electrons. The lowest BCUT2D eigenvalue weighted by atomic mass is 10.1. The molecule has 1 unspecified atom stereocenters. The van der Waals surface area contributed by atoms with Crippen LogP contribution in [0.4, 0.5) is 5.69 Å². The normalized spacial score (nSPS) is 16.0. The van der Waals surface area contributed by atoms with E-state index in [9.17, 15) is 9.59 Å². The molecule has 0 saturated heterocycles. The maximum absolute atomic E-state index is 13.5. The van der Waals surface area contributed by atoms with Crippen LogP contribution in [0.5, 0.6) is 5.75 Å². The van der Waals surface area contributed by atoms with Crippen LogP contribution >= 0.6 is 23.4 Å². The van der Waals surface area contributed by atoms with Crippen molar-refractivity contribution in [1.82, 2.24) is 10.2 Å². The van der Waals surface area contributed by atoms with Crippen LogP contribution in [0.3, 0.4) is 0 Å². The number of aliphatic imine (C=N–C) groups is 2. The van der Waals surface area contributed by atoms with Crippen LogP contribution in [-0.4, -0.2) is 40.9 Å². The number of hydrogen-bond acceptors (Lipinski definition) is 6. The molecule has 2 aliphatic heterocycles. The van der Waals surface area contributed by atoms with Gasteiger partial charge in [-0.25, -0.2) is 9.89 Å². The quantitative estimate of drug-likeness (QED) is 0.424. The third-order valence-electron chi connectivity index (χ3n) is 6.18. The molecule has 0 saturated carbocycles. The molecule has 0 aliphatic carbocycles. The Morgan fingerprint density at radius 1 is 1.05 bits per heavy atom. The number of nitrogens with one attached hydrogen (secondary N) is 1. The van der Waals surface area contributed by atoms with Gasteiger partial charge in [-0.15, -0.1) is 0 Å². The Bertz CT molecular complexity index is 1410. The standard InChI is InChI=1S/C28H25ClN4O3S/c1-36-24-13-7-3-8-18(24)16-30-25(34)15-14-23-27(35)33-26(31-23)20-10-4-6-12-22(20)32-28(33)37-17-19-9-2-5-11-21(19)29/h2-13,23H,14-17H2,1H3,(H,30,34). The fourth-order valence-corrected chi connectivity index (χ4v) is 5.53. The maximum atomic E-state index is 13.5. The van der Waals surface area contributed by atoms with E-state index in [1.807, 2.05) is 72.8 Å². The van der Waals surface area contributed by atoms with E-state index in [0.717, 1.165) is 28.1 Å². The SMILES string of the molecule is COc1ccccc1CNC(=O)CCC1N=C2c3ccccc3N=C(SCc3ccccc3Cl)N2C1=O. The summed E-state index contributed by atoms with van der Waals surface area (Å²) >= 11 is 7.78. The Kier molecular flexibility index (Phi) is 7.58. The van der Waals surface area contributed by atoms with Crippen molar-refractivity contribution in [1.29, 1.82) is 0 Å². The molecule has 3 aromatic carbocycles. The van der Waals surface area contributed by atoms with E-state index in [2.05, 4.69) is 5.32 Å². The minimum Gasteiger partial charge on any atom is -0.496 e. The van der Waals surface area contributed by atoms with Gasteiger partial charge in [0.2, 0.25) is 5.91 Å². The van der Waals surface area contributed by atoms with Crippen LogP contribution in [0.15, 0.2) is 82.8 Å². The summed E-state index contributed by atoms with van der Waals surface area (Å²) in [6.45, 7) is 0.352. The average molecular weight is 533 g/mol. The molecule has 0 fully saturated rings. The maximum Gasteiger partial charge on any atom is 0.259 e. The van der Waals surface area contributed by atoms with E-state index in [0.29, 0.717) is 34.7 Å². The number of halogens is 1. The molecule has 5 rings (SSSR count). The number of methoxy groups -OCH3 is 1. The van der Waals surface area contributed by atoms with E-state index in [-0.39, 0.29) is 18.2 Å². The van der Waals surface area contributed by atoms with E-state index >= 15 is 0 Å². The van der Waals surface area contributed by atoms with Gasteiger partial charge >= 0.3 is 0 Å². The Labute approximate surface area is 224 Å². The van der Waals surface area contributed by atoms with Gasteiger partial charge in [-0.2, -0.15) is 0 Å². The van der Waals surface area contributed by atoms with Gasteiger partial charge in [0.1, 0.15) is 17.6 Å². The van der Waals surface area contributed by atoms with Crippen LogP contribution in [0.25, 0.3) is 0 Å². The minimum absolute atomic E-state index is 0.147. The largest absolute Gasteiger partial charge is 0.496 e. The van der Waals surface area contributed by atoms with Crippen molar-refractivity contribution in [3.8, 4) is 5.75 Å². The Hall–Kier alpha value is -3.62. The van der Waals surface area contributed by atoms with Gasteiger partial charge in [-0.1, -0.05) is 71.9 Å². The number of hydrogen-bond donors (Lipinski definition) is 1. The Balaban J connectivity index is 1.28. The number of benzene rings is 3. The summed E-state index contributed by atoms with van der Waals surface area (Å²) < 4.78 is 5.34. The van der Waals surface area contributed by atoms with E-state index in [4.69, 9.17) is 26.3 Å². The monoisotopic (exact) mass is 532 g/mol. The predicted octanol–water partition coefficient (Wildman–Crippen LogP) is 5.34. The van der Waals surface area contributed by atoms with Crippen molar-refractivity contribution >= 4 is 51.9 Å². The number of ether oxygens (including phenoxy) is 1. The van der Waals surface area contributed by atoms with Gasteiger partial charge in [-0.05, 0) is 36.2 Å². The number of fused-ring (bicyclic) bond motifs is 3. The number of para-hydroxylation sites is 2. The lowest BCUT2D eigenvalue weighted by Gasteiger charge is -2.25. The van der Waals surface area contributed by atoms with E-state index in [1.165, 1.54) is 11.8 Å². The first kappa shape index (κ1) is 25.0. The summed E-state index contributed by atoms with van der Waals surface area (Å²) in [4.78, 5) is 37.1. The summed E-state index contributed by atoms with van der Waals surface area (Å²) in [5.41, 5.74) is 3.42. The molecule has 0 aromatic heterocycles. The first-order valence-electron chi connectivity index (χ1n) is 11.9. The lowest BCUT2D eigenvalue weighted by Crippen LogP contribution is -2.41. The highest BCUT2D eigenvalue weighted by molar-refractivity contribution is 8.13. The minimum atomic E-state index is -0.649. The summed E-state index contributed by atoms with van der Waals surface area (Å²) in [6.07, 6.45) is 0.484. The smallest absolute Gasteiger partial charge is 0.259 e. The highest BCUT2D eigenvalue weighted by Crippen LogP contribution is 2.35. The zero-order valence-corrected chi connectivity index (χ0v) is 21.8. The van der Waals surface area contributed by atoms with Crippen LogP contribution < -0.4 is 10.1 Å². The summed E-state index contributed by atoms with van der Waals surface area (Å²) in [5, 5.41) is 4.14. The molecule has 188 valence electrons. The van der Waals surface area contributed by atoms with Crippen molar-refractivity contribution in [3.05, 3.63) is 94.5 Å². The molecule has 2 aliphatic rings. The van der Waals surface area contributed by atoms with E-state index in [1.54, 1.807) is 12.0 Å². The van der Waals surface area contributed by atoms with Crippen molar-refractivity contribution in [2.24, 2.45) is 9.98 Å². The molecule has 1 N–H and O–H groups in total. The summed E-state index contributed by atoms with van der Waals surface area (Å²) in [5.74, 6) is 1.54. The van der Waals surface area contributed by atoms with Gasteiger partial charge in [0, 0.05) is 34.9 Å². The molecule has 0 spiro atoms. The molecule has 2 amide bonds. The molecule has 0 bridgehead atoms. The molecule has 9 heteroatoms. The highest BCUT2D eigenvalue weighted by atomic mass is 35.5. The highest BCUT2D eigenvalue weighted by Gasteiger charge is 2.41. The summed E-state index contributed by atoms with van der Waals surface area (Å²) in [7, 11) is 1.60. The molecule has 37 heavy (non-hydrogen) atoms. The number of amidine groups is 2. The van der Waals surface area contributed by atoms with E-state index < -0.39 is 6.04 Å². The topological polar surface area (TPSA) is 83.4 Å². The molecule has 3 aromatic rings. The first-order chi connectivity index (χ1) is 18.0. The van der Waals surface area contributed by atoms with Crippen LogP contribution in [0.1, 0.15) is 29.5 Å². The predicted molar refractivity (Wildman–Crippen MR) is 148 cm³/mol. The zero-order valence-electron chi connectivity index (χ0n) is 20.2. The van der Waals surface area contributed by atoms with Gasteiger partial charge in [-0.3, -0.25) is 14.6 Å². The van der Waals surface area contributed by atoms with Crippen LogP contribution in [0.2, 0.25) is 5.02 Å². The zero-order chi connectivity index (χ0) is 25.8. The van der Waals surface area contributed by atoms with Crippen molar-refractivity contribution in [3.63, 3.8) is 0 Å². The molecule has 1 atom stereocenters. The summed E-state index contributed by atoms with van der Waals surface area (Å²) in [6, 6.07) is 22.1. The number of nitrogens with zero attached hydrogens (tertiary/aromatic N) is 3. The van der Waals surface area contributed by atoms with Gasteiger partial charge in [0.15, 0.2) is 5.17 Å². The van der Waals surface area contributed by atoms with Crippen molar-refractivity contribution in [2.75, 3.05) is 7.11 Å². The second kappa shape index (κ2) is 11.2. The average Bonchev–Trinajstić information content (AvgIpc) is 3.26. The molecular weight excluding hydrogens is 508 g/mol. The lowest BCUT2D eigenvalue weighted by molar-refractivity contribution is -0.125. The second-order valence-corrected chi connectivity index (χ2v) is 9.91. The molecular formula is C28H25ClN4O3S. The van der Waals surface area contributed by atoms with Gasteiger partial charge in [0.25, 0.3) is 5.91 Å². The molecule has 2 heterocycles. The number of thioether (sulfide) groups is 1. The fourth-order valence-electron chi connectivity index (χ4n) is 4.24. The van der Waals surface area contributed by atoms with Gasteiger partial charge < -0.3 is 10.1 Å². The van der Waals surface area contributed by atoms with Crippen LogP contribution in [-0.2, 0) is 21.9 Å². The number of carbonyl (C=O) groups excluding carboxylic acids is 2. The number of rotatable bonds is 8. The Morgan fingerprint density at radius 2 is 1.78 bits per heavy atom. The van der Waals surface area contributed by atoms with Crippen molar-refractivity contribution in [2.45, 2.75) is 31.2 Å². The third-order valence-corrected chi connectivity index (χ3v) is 7.53.